The molecule has 2 fully saturated rings. The molecule has 0 aromatic carbocycles. The number of thioether (sulfide) groups is 1. The first-order valence-corrected chi connectivity index (χ1v) is 6.60. The molecule has 0 spiro atoms. The molecule has 0 radical (unpaired) electrons. The van der Waals surface area contributed by atoms with Crippen LogP contribution in [-0.2, 0) is 0 Å². The van der Waals surface area contributed by atoms with Gasteiger partial charge in [-0.15, -0.1) is 11.8 Å². The SMILES string of the molecule is NC(c1noc(C2CCCS2)n1)C1CC1. The van der Waals surface area contributed by atoms with E-state index in [-0.39, 0.29) is 6.04 Å². The molecule has 1 aromatic heterocycles. The molecule has 4 nitrogen and oxygen atoms in total. The predicted octanol–water partition coefficient (Wildman–Crippen LogP) is 2.05. The average Bonchev–Trinajstić information content (AvgIpc) is 2.80. The van der Waals surface area contributed by atoms with Gasteiger partial charge in [0.2, 0.25) is 5.89 Å². The van der Waals surface area contributed by atoms with Crippen molar-refractivity contribution in [3.63, 3.8) is 0 Å². The third-order valence-electron chi connectivity index (χ3n) is 3.09. The summed E-state index contributed by atoms with van der Waals surface area (Å²) >= 11 is 1.91. The topological polar surface area (TPSA) is 64.9 Å². The number of aromatic nitrogens is 2. The highest BCUT2D eigenvalue weighted by Gasteiger charge is 2.33. The number of rotatable bonds is 3. The Morgan fingerprint density at radius 1 is 1.40 bits per heavy atom. The zero-order valence-corrected chi connectivity index (χ0v) is 9.37. The molecule has 1 saturated carbocycles. The quantitative estimate of drug-likeness (QED) is 0.852. The van der Waals surface area contributed by atoms with Crippen molar-refractivity contribution in [1.82, 2.24) is 10.1 Å². The van der Waals surface area contributed by atoms with Crippen LogP contribution in [0.2, 0.25) is 0 Å². The van der Waals surface area contributed by atoms with E-state index in [0.29, 0.717) is 17.0 Å². The Balaban J connectivity index is 1.74. The van der Waals surface area contributed by atoms with Crippen LogP contribution in [-0.4, -0.2) is 15.9 Å². The van der Waals surface area contributed by atoms with E-state index < -0.39 is 0 Å². The number of hydrogen-bond donors (Lipinski definition) is 1. The zero-order chi connectivity index (χ0) is 10.3. The van der Waals surface area contributed by atoms with Crippen LogP contribution in [0.3, 0.4) is 0 Å². The van der Waals surface area contributed by atoms with Gasteiger partial charge in [0.15, 0.2) is 5.82 Å². The van der Waals surface area contributed by atoms with Crippen LogP contribution in [0.1, 0.15) is 48.7 Å². The third kappa shape index (κ3) is 1.90. The van der Waals surface area contributed by atoms with Crippen molar-refractivity contribution in [2.45, 2.75) is 37.0 Å². The minimum atomic E-state index is -0.00565. The molecule has 2 atom stereocenters. The van der Waals surface area contributed by atoms with E-state index in [2.05, 4.69) is 10.1 Å². The van der Waals surface area contributed by atoms with E-state index in [1.54, 1.807) is 0 Å². The number of hydrogen-bond acceptors (Lipinski definition) is 5. The van der Waals surface area contributed by atoms with E-state index >= 15 is 0 Å². The highest BCUT2D eigenvalue weighted by atomic mass is 32.2. The van der Waals surface area contributed by atoms with Gasteiger partial charge in [-0.05, 0) is 37.4 Å². The monoisotopic (exact) mass is 225 g/mol. The lowest BCUT2D eigenvalue weighted by atomic mass is 10.2. The third-order valence-corrected chi connectivity index (χ3v) is 4.45. The van der Waals surface area contributed by atoms with Crippen LogP contribution in [0.25, 0.3) is 0 Å². The largest absolute Gasteiger partial charge is 0.338 e. The smallest absolute Gasteiger partial charge is 0.239 e. The molecule has 1 aliphatic heterocycles. The number of nitrogens with zero attached hydrogens (tertiary/aromatic N) is 2. The van der Waals surface area contributed by atoms with E-state index in [4.69, 9.17) is 10.3 Å². The summed E-state index contributed by atoms with van der Waals surface area (Å²) in [5.74, 6) is 3.28. The predicted molar refractivity (Wildman–Crippen MR) is 58.4 cm³/mol. The molecule has 82 valence electrons. The van der Waals surface area contributed by atoms with Crippen molar-refractivity contribution in [3.05, 3.63) is 11.7 Å². The molecule has 0 amide bonds. The van der Waals surface area contributed by atoms with Crippen LogP contribution in [0, 0.1) is 5.92 Å². The molecule has 2 N–H and O–H groups in total. The van der Waals surface area contributed by atoms with Crippen LogP contribution in [0.15, 0.2) is 4.52 Å². The van der Waals surface area contributed by atoms with Crippen molar-refractivity contribution < 1.29 is 4.52 Å². The molecule has 0 bridgehead atoms. The Kier molecular flexibility index (Phi) is 2.44. The van der Waals surface area contributed by atoms with Gasteiger partial charge in [-0.2, -0.15) is 4.98 Å². The Bertz CT molecular complexity index is 328. The van der Waals surface area contributed by atoms with Crippen LogP contribution in [0.5, 0.6) is 0 Å². The second-order valence-corrected chi connectivity index (χ2v) is 5.67. The Morgan fingerprint density at radius 2 is 2.27 bits per heavy atom. The molecular weight excluding hydrogens is 210 g/mol. The molecule has 1 aromatic rings. The summed E-state index contributed by atoms with van der Waals surface area (Å²) in [5.41, 5.74) is 6.02. The van der Waals surface area contributed by atoms with Crippen molar-refractivity contribution in [1.29, 1.82) is 0 Å². The Labute approximate surface area is 93.0 Å². The van der Waals surface area contributed by atoms with Crippen molar-refractivity contribution >= 4 is 11.8 Å². The van der Waals surface area contributed by atoms with Crippen molar-refractivity contribution in [3.8, 4) is 0 Å². The summed E-state index contributed by atoms with van der Waals surface area (Å²) in [6.07, 6.45) is 4.83. The maximum atomic E-state index is 6.02. The van der Waals surface area contributed by atoms with E-state index in [1.165, 1.54) is 25.0 Å². The fourth-order valence-corrected chi connectivity index (χ4v) is 3.14. The Morgan fingerprint density at radius 3 is 2.93 bits per heavy atom. The minimum absolute atomic E-state index is 0.00565. The van der Waals surface area contributed by atoms with Gasteiger partial charge in [0.05, 0.1) is 11.3 Å². The maximum Gasteiger partial charge on any atom is 0.239 e. The number of nitrogens with two attached hydrogens (primary N) is 1. The van der Waals surface area contributed by atoms with Gasteiger partial charge < -0.3 is 10.3 Å². The van der Waals surface area contributed by atoms with Gasteiger partial charge >= 0.3 is 0 Å². The van der Waals surface area contributed by atoms with Gasteiger partial charge in [0.25, 0.3) is 0 Å². The molecular formula is C10H15N3OS. The first-order valence-electron chi connectivity index (χ1n) is 5.55. The first kappa shape index (κ1) is 9.66. The lowest BCUT2D eigenvalue weighted by molar-refractivity contribution is 0.364. The van der Waals surface area contributed by atoms with Gasteiger partial charge in [-0.1, -0.05) is 5.16 Å². The van der Waals surface area contributed by atoms with Gasteiger partial charge in [0.1, 0.15) is 0 Å². The van der Waals surface area contributed by atoms with Crippen LogP contribution >= 0.6 is 11.8 Å². The van der Waals surface area contributed by atoms with Crippen LogP contribution in [0.4, 0.5) is 0 Å². The molecule has 2 unspecified atom stereocenters. The molecule has 2 aliphatic rings. The van der Waals surface area contributed by atoms with Gasteiger partial charge in [-0.25, -0.2) is 0 Å². The zero-order valence-electron chi connectivity index (χ0n) is 8.56. The molecule has 2 heterocycles. The molecule has 15 heavy (non-hydrogen) atoms. The summed E-state index contributed by atoms with van der Waals surface area (Å²) in [6.45, 7) is 0. The summed E-state index contributed by atoms with van der Waals surface area (Å²) in [7, 11) is 0. The molecule has 1 saturated heterocycles. The lowest BCUT2D eigenvalue weighted by Crippen LogP contribution is -2.14. The highest BCUT2D eigenvalue weighted by molar-refractivity contribution is 7.99. The molecule has 3 rings (SSSR count). The fraction of sp³-hybridized carbons (Fsp3) is 0.800. The van der Waals surface area contributed by atoms with E-state index in [9.17, 15) is 0 Å². The summed E-state index contributed by atoms with van der Waals surface area (Å²) in [6, 6.07) is -0.00565. The minimum Gasteiger partial charge on any atom is -0.338 e. The van der Waals surface area contributed by atoms with Crippen LogP contribution < -0.4 is 5.73 Å². The normalized spacial score (nSPS) is 28.2. The lowest BCUT2D eigenvalue weighted by Gasteiger charge is -2.02. The van der Waals surface area contributed by atoms with E-state index in [0.717, 1.165) is 12.3 Å². The summed E-state index contributed by atoms with van der Waals surface area (Å²) in [4.78, 5) is 4.43. The first-order chi connectivity index (χ1) is 7.34. The second kappa shape index (κ2) is 3.79. The maximum absolute atomic E-state index is 6.02. The average molecular weight is 225 g/mol. The van der Waals surface area contributed by atoms with Crippen molar-refractivity contribution in [2.24, 2.45) is 11.7 Å². The Hall–Kier alpha value is -0.550. The van der Waals surface area contributed by atoms with E-state index in [1.807, 2.05) is 11.8 Å². The molecule has 5 heteroatoms. The standard InChI is InChI=1S/C10H15N3OS/c11-8(6-3-4-6)9-12-10(14-13-9)7-2-1-5-15-7/h6-8H,1-5,11H2. The summed E-state index contributed by atoms with van der Waals surface area (Å²) in [5, 5.41) is 4.41. The van der Waals surface area contributed by atoms with Crippen molar-refractivity contribution in [2.75, 3.05) is 5.75 Å². The highest BCUT2D eigenvalue weighted by Crippen LogP contribution is 2.41. The molecule has 1 aliphatic carbocycles. The van der Waals surface area contributed by atoms with Gasteiger partial charge in [-0.3, -0.25) is 0 Å². The van der Waals surface area contributed by atoms with Gasteiger partial charge in [0, 0.05) is 0 Å². The fourth-order valence-electron chi connectivity index (χ4n) is 1.95. The summed E-state index contributed by atoms with van der Waals surface area (Å²) < 4.78 is 5.29. The second-order valence-electron chi connectivity index (χ2n) is 4.36.